The molecule has 2 aromatic heterocycles. The Balaban J connectivity index is 1.47. The molecule has 0 N–H and O–H groups in total. The van der Waals surface area contributed by atoms with E-state index >= 15 is 0 Å². The van der Waals surface area contributed by atoms with Gasteiger partial charge in [-0.3, -0.25) is 4.57 Å². The molecule has 1 saturated heterocycles. The van der Waals surface area contributed by atoms with Gasteiger partial charge >= 0.3 is 0 Å². The van der Waals surface area contributed by atoms with Gasteiger partial charge in [-0.1, -0.05) is 18.7 Å². The summed E-state index contributed by atoms with van der Waals surface area (Å²) in [6.45, 7) is 4.46. The molecule has 0 amide bonds. The highest BCUT2D eigenvalue weighted by molar-refractivity contribution is 7.98. The minimum Gasteiger partial charge on any atom is -0.341 e. The van der Waals surface area contributed by atoms with E-state index in [9.17, 15) is 0 Å². The summed E-state index contributed by atoms with van der Waals surface area (Å²) >= 11 is 3.58. The lowest BCUT2D eigenvalue weighted by molar-refractivity contribution is 0.548. The first-order valence-corrected chi connectivity index (χ1v) is 11.0. The predicted molar refractivity (Wildman–Crippen MR) is 100 cm³/mol. The third-order valence-electron chi connectivity index (χ3n) is 4.61. The fraction of sp³-hybridized carbons (Fsp3) is 0.706. The van der Waals surface area contributed by atoms with Gasteiger partial charge in [0.2, 0.25) is 5.95 Å². The van der Waals surface area contributed by atoms with Crippen molar-refractivity contribution in [2.24, 2.45) is 0 Å². The molecular formula is C17H25N5S2. The lowest BCUT2D eigenvalue weighted by Gasteiger charge is -2.27. The molecule has 4 rings (SSSR count). The number of nitrogens with zero attached hydrogens (tertiary/aromatic N) is 5. The van der Waals surface area contributed by atoms with Crippen LogP contribution in [0.5, 0.6) is 0 Å². The molecule has 5 nitrogen and oxygen atoms in total. The molecule has 7 heteroatoms. The molecule has 1 saturated carbocycles. The zero-order valence-corrected chi connectivity index (χ0v) is 15.9. The molecule has 1 aliphatic carbocycles. The molecular weight excluding hydrogens is 338 g/mol. The number of aromatic nitrogens is 4. The van der Waals surface area contributed by atoms with E-state index in [0.29, 0.717) is 6.04 Å². The van der Waals surface area contributed by atoms with Crippen LogP contribution in [0.4, 0.5) is 5.95 Å². The van der Waals surface area contributed by atoms with E-state index in [-0.39, 0.29) is 0 Å². The third kappa shape index (κ3) is 3.61. The van der Waals surface area contributed by atoms with Crippen molar-refractivity contribution in [3.63, 3.8) is 0 Å². The average molecular weight is 364 g/mol. The van der Waals surface area contributed by atoms with E-state index in [4.69, 9.17) is 4.98 Å². The Hall–Kier alpha value is -1.08. The number of rotatable bonds is 7. The average Bonchev–Trinajstić information content (AvgIpc) is 3.20. The van der Waals surface area contributed by atoms with Crippen LogP contribution in [0.3, 0.4) is 0 Å². The Morgan fingerprint density at radius 3 is 2.79 bits per heavy atom. The van der Waals surface area contributed by atoms with Crippen LogP contribution in [0.1, 0.15) is 62.2 Å². The van der Waals surface area contributed by atoms with Crippen LogP contribution in [0, 0.1) is 0 Å². The van der Waals surface area contributed by atoms with Crippen LogP contribution < -0.4 is 4.90 Å². The number of aryl methyl sites for hydroxylation is 1. The molecule has 0 unspecified atom stereocenters. The van der Waals surface area contributed by atoms with Crippen molar-refractivity contribution < 1.29 is 0 Å². The standard InChI is InChI=1S/C17H25N5S2/c1-2-6-15-18-13(11-23-15)12-24-17-20-19-16(22(17)14-7-8-14)21-9-4-3-5-10-21/h11,14H,2-10,12H2,1H3. The number of piperidine rings is 1. The summed E-state index contributed by atoms with van der Waals surface area (Å²) in [5, 5.41) is 13.6. The molecule has 0 bridgehead atoms. The number of anilines is 1. The van der Waals surface area contributed by atoms with E-state index in [1.165, 1.54) is 42.8 Å². The van der Waals surface area contributed by atoms with Crippen molar-refractivity contribution in [3.05, 3.63) is 16.1 Å². The maximum absolute atomic E-state index is 4.73. The summed E-state index contributed by atoms with van der Waals surface area (Å²) in [5.41, 5.74) is 1.18. The number of hydrogen-bond acceptors (Lipinski definition) is 6. The van der Waals surface area contributed by atoms with Crippen LogP contribution >= 0.6 is 23.1 Å². The largest absolute Gasteiger partial charge is 0.341 e. The van der Waals surface area contributed by atoms with Crippen molar-refractivity contribution >= 4 is 29.0 Å². The van der Waals surface area contributed by atoms with Crippen molar-refractivity contribution in [3.8, 4) is 0 Å². The molecule has 1 aliphatic heterocycles. The zero-order chi connectivity index (χ0) is 16.4. The van der Waals surface area contributed by atoms with Gasteiger partial charge in [-0.25, -0.2) is 4.98 Å². The van der Waals surface area contributed by atoms with Gasteiger partial charge in [0.1, 0.15) is 0 Å². The monoisotopic (exact) mass is 363 g/mol. The first-order chi connectivity index (χ1) is 11.8. The van der Waals surface area contributed by atoms with Gasteiger partial charge in [-0.15, -0.1) is 21.5 Å². The lowest BCUT2D eigenvalue weighted by atomic mass is 10.1. The predicted octanol–water partition coefficient (Wildman–Crippen LogP) is 4.30. The Morgan fingerprint density at radius 2 is 2.04 bits per heavy atom. The topological polar surface area (TPSA) is 46.8 Å². The van der Waals surface area contributed by atoms with Gasteiger partial charge in [0.05, 0.1) is 10.7 Å². The SMILES string of the molecule is CCCc1nc(CSc2nnc(N3CCCCC3)n2C2CC2)cs1. The van der Waals surface area contributed by atoms with Crippen LogP contribution in [-0.2, 0) is 12.2 Å². The molecule has 0 spiro atoms. The van der Waals surface area contributed by atoms with E-state index in [1.807, 2.05) is 0 Å². The minimum absolute atomic E-state index is 0.616. The third-order valence-corrected chi connectivity index (χ3v) is 6.54. The molecule has 0 aromatic carbocycles. The van der Waals surface area contributed by atoms with E-state index in [0.717, 1.165) is 42.8 Å². The Labute approximate surface area is 151 Å². The second-order valence-corrected chi connectivity index (χ2v) is 8.59. The van der Waals surface area contributed by atoms with Crippen LogP contribution in [0.2, 0.25) is 0 Å². The van der Waals surface area contributed by atoms with Gasteiger partial charge in [0, 0.05) is 30.3 Å². The normalized spacial score (nSPS) is 18.3. The molecule has 130 valence electrons. The van der Waals surface area contributed by atoms with Gasteiger partial charge in [-0.05, 0) is 44.9 Å². The fourth-order valence-electron chi connectivity index (χ4n) is 3.21. The molecule has 2 fully saturated rings. The van der Waals surface area contributed by atoms with Crippen molar-refractivity contribution in [1.29, 1.82) is 0 Å². The summed E-state index contributed by atoms with van der Waals surface area (Å²) in [4.78, 5) is 7.16. The van der Waals surface area contributed by atoms with Gasteiger partial charge in [0.15, 0.2) is 5.16 Å². The molecule has 2 aliphatic rings. The van der Waals surface area contributed by atoms with E-state index in [2.05, 4.69) is 32.0 Å². The van der Waals surface area contributed by atoms with Crippen LogP contribution in [0.15, 0.2) is 10.5 Å². The first kappa shape index (κ1) is 16.4. The number of thiazole rings is 1. The minimum atomic E-state index is 0.616. The van der Waals surface area contributed by atoms with Gasteiger partial charge in [-0.2, -0.15) is 0 Å². The highest BCUT2D eigenvalue weighted by Gasteiger charge is 2.32. The van der Waals surface area contributed by atoms with E-state index in [1.54, 1.807) is 23.1 Å². The second-order valence-electron chi connectivity index (χ2n) is 6.70. The molecule has 24 heavy (non-hydrogen) atoms. The maximum Gasteiger partial charge on any atom is 0.228 e. The fourth-order valence-corrected chi connectivity index (χ4v) is 5.11. The highest BCUT2D eigenvalue weighted by atomic mass is 32.2. The number of hydrogen-bond donors (Lipinski definition) is 0. The summed E-state index contributed by atoms with van der Waals surface area (Å²) in [5.74, 6) is 2.00. The summed E-state index contributed by atoms with van der Waals surface area (Å²) in [7, 11) is 0. The molecule has 3 heterocycles. The van der Waals surface area contributed by atoms with Crippen molar-refractivity contribution in [1.82, 2.24) is 19.7 Å². The Kier molecular flexibility index (Phi) is 5.08. The Morgan fingerprint density at radius 1 is 1.21 bits per heavy atom. The molecule has 0 radical (unpaired) electrons. The van der Waals surface area contributed by atoms with Gasteiger partial charge in [0.25, 0.3) is 0 Å². The van der Waals surface area contributed by atoms with Crippen LogP contribution in [0.25, 0.3) is 0 Å². The van der Waals surface area contributed by atoms with Crippen molar-refractivity contribution in [2.45, 2.75) is 68.8 Å². The Bertz CT molecular complexity index is 670. The first-order valence-electron chi connectivity index (χ1n) is 9.11. The summed E-state index contributed by atoms with van der Waals surface area (Å²) in [6.07, 6.45) is 8.69. The van der Waals surface area contributed by atoms with Crippen molar-refractivity contribution in [2.75, 3.05) is 18.0 Å². The molecule has 0 atom stereocenters. The highest BCUT2D eigenvalue weighted by Crippen LogP contribution is 2.41. The quantitative estimate of drug-likeness (QED) is 0.686. The second kappa shape index (κ2) is 7.44. The van der Waals surface area contributed by atoms with E-state index < -0.39 is 0 Å². The zero-order valence-electron chi connectivity index (χ0n) is 14.3. The molecule has 2 aromatic rings. The van der Waals surface area contributed by atoms with Crippen LogP contribution in [-0.4, -0.2) is 32.8 Å². The summed E-state index contributed by atoms with van der Waals surface area (Å²) < 4.78 is 2.40. The van der Waals surface area contributed by atoms with Gasteiger partial charge < -0.3 is 4.90 Å². The smallest absolute Gasteiger partial charge is 0.228 e. The summed E-state index contributed by atoms with van der Waals surface area (Å²) in [6, 6.07) is 0.616. The maximum atomic E-state index is 4.73. The number of thioether (sulfide) groups is 1. The lowest BCUT2D eigenvalue weighted by Crippen LogP contribution is -2.31.